The first-order valence-electron chi connectivity index (χ1n) is 15.6. The predicted octanol–water partition coefficient (Wildman–Crippen LogP) is 8.93. The van der Waals surface area contributed by atoms with Gasteiger partial charge in [0.2, 0.25) is 0 Å². The van der Waals surface area contributed by atoms with Gasteiger partial charge in [-0.1, -0.05) is 62.4 Å². The Morgan fingerprint density at radius 1 is 0.312 bits per heavy atom. The topological polar surface area (TPSA) is 121 Å². The third-order valence-electron chi connectivity index (χ3n) is 9.53. The van der Waals surface area contributed by atoms with Crippen LogP contribution in [0, 0.1) is 0 Å². The van der Waals surface area contributed by atoms with Crippen molar-refractivity contribution in [3.05, 3.63) is 127 Å². The molecular weight excluding hydrogens is 608 g/mol. The zero-order valence-corrected chi connectivity index (χ0v) is 25.3. The minimum atomic E-state index is -0.716. The van der Waals surface area contributed by atoms with Gasteiger partial charge in [-0.15, -0.1) is 0 Å². The molecule has 48 heavy (non-hydrogen) atoms. The third kappa shape index (κ3) is 3.09. The highest BCUT2D eigenvalue weighted by molar-refractivity contribution is 6.44. The van der Waals surface area contributed by atoms with Crippen LogP contribution in [-0.4, -0.2) is 0 Å². The normalized spacial score (nSPS) is 12.3. The Morgan fingerprint density at radius 3 is 1.12 bits per heavy atom. The lowest BCUT2D eigenvalue weighted by molar-refractivity contribution is 0.488. The second kappa shape index (κ2) is 9.04. The van der Waals surface area contributed by atoms with Gasteiger partial charge in [-0.2, -0.15) is 0 Å². The highest BCUT2D eigenvalue weighted by Gasteiger charge is 2.25. The number of hydrogen-bond acceptors (Lipinski definition) is 8. The van der Waals surface area contributed by atoms with Crippen molar-refractivity contribution in [3.8, 4) is 0 Å². The Labute approximate surface area is 266 Å². The summed E-state index contributed by atoms with van der Waals surface area (Å²) in [6.07, 6.45) is 0. The van der Waals surface area contributed by atoms with Crippen molar-refractivity contribution in [1.82, 2.24) is 0 Å². The summed E-state index contributed by atoms with van der Waals surface area (Å²) < 4.78 is 23.3. The van der Waals surface area contributed by atoms with Gasteiger partial charge >= 0.3 is 22.5 Å². The Hall–Kier alpha value is -6.54. The maximum absolute atomic E-state index is 12.9. The van der Waals surface area contributed by atoms with Crippen LogP contribution in [0.15, 0.2) is 122 Å². The van der Waals surface area contributed by atoms with Crippen LogP contribution in [0.25, 0.3) is 109 Å². The van der Waals surface area contributed by atoms with Crippen LogP contribution in [0.4, 0.5) is 0 Å². The maximum Gasteiger partial charge on any atom is 0.346 e. The molecule has 0 aliphatic heterocycles. The first kappa shape index (κ1) is 26.7. The van der Waals surface area contributed by atoms with Gasteiger partial charge in [-0.05, 0) is 57.9 Å². The lowest BCUT2D eigenvalue weighted by atomic mass is 9.87. The number of hydrogen-bond donors (Lipinski definition) is 0. The molecule has 4 heterocycles. The van der Waals surface area contributed by atoms with Gasteiger partial charge in [0.1, 0.15) is 22.3 Å². The first-order chi connectivity index (χ1) is 23.5. The van der Waals surface area contributed by atoms with Gasteiger partial charge in [0.05, 0.1) is 21.5 Å². The van der Waals surface area contributed by atoms with E-state index < -0.39 is 22.5 Å². The van der Waals surface area contributed by atoms with Crippen LogP contribution < -0.4 is 22.5 Å². The Balaban J connectivity index is 0.00000145. The van der Waals surface area contributed by atoms with Crippen molar-refractivity contribution in [2.24, 2.45) is 0 Å². The van der Waals surface area contributed by atoms with Crippen LogP contribution in [-0.2, 0) is 0 Å². The molecule has 0 unspecified atom stereocenters. The molecule has 7 aromatic carbocycles. The summed E-state index contributed by atoms with van der Waals surface area (Å²) in [6, 6.07) is 25.6. The van der Waals surface area contributed by atoms with E-state index in [1.54, 1.807) is 36.4 Å². The summed E-state index contributed by atoms with van der Waals surface area (Å²) >= 11 is 0. The van der Waals surface area contributed by atoms with Crippen molar-refractivity contribution < 1.29 is 17.7 Å². The van der Waals surface area contributed by atoms with E-state index in [-0.39, 0.29) is 10.8 Å². The Morgan fingerprint density at radius 2 is 0.688 bits per heavy atom. The van der Waals surface area contributed by atoms with Gasteiger partial charge in [0.15, 0.2) is 0 Å². The van der Waals surface area contributed by atoms with Crippen molar-refractivity contribution in [2.75, 3.05) is 0 Å². The monoisotopic (exact) mass is 628 g/mol. The highest BCUT2D eigenvalue weighted by Crippen LogP contribution is 2.49. The molecule has 0 bridgehead atoms. The summed E-state index contributed by atoms with van der Waals surface area (Å²) in [5.41, 5.74) is -0.708. The second-order valence-electron chi connectivity index (χ2n) is 11.7. The molecule has 0 N–H and O–H groups in total. The zero-order chi connectivity index (χ0) is 32.6. The summed E-state index contributed by atoms with van der Waals surface area (Å²) in [5.74, 6) is 0. The minimum absolute atomic E-state index is 0.271. The fourth-order valence-electron chi connectivity index (χ4n) is 7.82. The molecule has 0 radical (unpaired) electrons. The SMILES string of the molecule is CC.O=c1oc(=O)c2cc3oc4ccc5oc6cc7c(=O)oc(=O)c8cccc(c87)c6c6c7ccccc7c(c3c3cccc1c23)c4c56. The van der Waals surface area contributed by atoms with Crippen LogP contribution in [0.1, 0.15) is 13.8 Å². The number of benzene rings is 7. The van der Waals surface area contributed by atoms with Gasteiger partial charge in [-0.25, -0.2) is 19.2 Å². The molecule has 0 saturated carbocycles. The average Bonchev–Trinajstić information content (AvgIpc) is 3.11. The van der Waals surface area contributed by atoms with Crippen molar-refractivity contribution >= 4 is 109 Å². The zero-order valence-electron chi connectivity index (χ0n) is 25.3. The quantitative estimate of drug-likeness (QED) is 0.121. The first-order valence-corrected chi connectivity index (χ1v) is 15.6. The van der Waals surface area contributed by atoms with E-state index in [2.05, 4.69) is 0 Å². The van der Waals surface area contributed by atoms with Crippen LogP contribution in [0.5, 0.6) is 0 Å². The molecular formula is C40H20O8. The number of fused-ring (bicyclic) bond motifs is 9. The molecule has 0 amide bonds. The molecule has 4 aromatic heterocycles. The van der Waals surface area contributed by atoms with E-state index in [4.69, 9.17) is 17.7 Å². The smallest absolute Gasteiger partial charge is 0.346 e. The average molecular weight is 629 g/mol. The molecule has 11 aromatic rings. The largest absolute Gasteiger partial charge is 0.456 e. The Bertz CT molecular complexity index is 3220. The fraction of sp³-hybridized carbons (Fsp3) is 0.0500. The minimum Gasteiger partial charge on any atom is -0.456 e. The van der Waals surface area contributed by atoms with Gasteiger partial charge in [0, 0.05) is 43.1 Å². The Kier molecular flexibility index (Phi) is 5.02. The van der Waals surface area contributed by atoms with E-state index >= 15 is 0 Å². The molecule has 0 saturated heterocycles. The molecule has 0 fully saturated rings. The number of rotatable bonds is 0. The van der Waals surface area contributed by atoms with E-state index in [1.165, 1.54) is 0 Å². The third-order valence-corrected chi connectivity index (χ3v) is 9.53. The second-order valence-corrected chi connectivity index (χ2v) is 11.7. The predicted molar refractivity (Wildman–Crippen MR) is 189 cm³/mol. The van der Waals surface area contributed by atoms with E-state index in [0.717, 1.165) is 43.1 Å². The molecule has 11 rings (SSSR count). The van der Waals surface area contributed by atoms with Crippen LogP contribution in [0.2, 0.25) is 0 Å². The molecule has 0 aliphatic rings. The van der Waals surface area contributed by atoms with Crippen molar-refractivity contribution in [2.45, 2.75) is 13.8 Å². The lowest BCUT2D eigenvalue weighted by Gasteiger charge is -2.19. The van der Waals surface area contributed by atoms with Gasteiger partial charge in [-0.3, -0.25) is 0 Å². The lowest BCUT2D eigenvalue weighted by Crippen LogP contribution is -2.12. The van der Waals surface area contributed by atoms with E-state index in [1.807, 2.05) is 62.4 Å². The van der Waals surface area contributed by atoms with Gasteiger partial charge in [0.25, 0.3) is 0 Å². The van der Waals surface area contributed by atoms with Crippen LogP contribution >= 0.6 is 0 Å². The van der Waals surface area contributed by atoms with Crippen LogP contribution in [0.3, 0.4) is 0 Å². The summed E-state index contributed by atoms with van der Waals surface area (Å²) in [7, 11) is 0. The molecule has 8 heteroatoms. The summed E-state index contributed by atoms with van der Waals surface area (Å²) in [6.45, 7) is 4.00. The highest BCUT2D eigenvalue weighted by atomic mass is 16.4. The summed E-state index contributed by atoms with van der Waals surface area (Å²) in [4.78, 5) is 51.4. The molecule has 228 valence electrons. The van der Waals surface area contributed by atoms with Crippen molar-refractivity contribution in [1.29, 1.82) is 0 Å². The molecule has 0 aliphatic carbocycles. The maximum atomic E-state index is 12.9. The standard InChI is InChI=1S/C38H14O8.C2H6/c39-35-19-9-3-7-17-27(19)21(37(41)45-35)13-25-29(17)31-15-5-1-2-6-16(15)32-30-18-8-4-10-20-28(18)22(38(42)46-36(20)40)14-26(30)44-24-12-11-23(43-25)33(31)34(24)32;1-2/h1-14H;1-2H3. The van der Waals surface area contributed by atoms with Gasteiger partial charge < -0.3 is 17.7 Å². The fourth-order valence-corrected chi connectivity index (χ4v) is 7.82. The van der Waals surface area contributed by atoms with Crippen molar-refractivity contribution in [3.63, 3.8) is 0 Å². The molecule has 8 nitrogen and oxygen atoms in total. The van der Waals surface area contributed by atoms with E-state index in [0.29, 0.717) is 54.6 Å². The molecule has 0 atom stereocenters. The summed E-state index contributed by atoms with van der Waals surface area (Å²) in [5, 5.41) is 10.4. The van der Waals surface area contributed by atoms with E-state index in [9.17, 15) is 19.2 Å². The molecule has 0 spiro atoms.